The quantitative estimate of drug-likeness (QED) is 0.737. The third-order valence-corrected chi connectivity index (χ3v) is 4.77. The number of carboxylic acids is 1. The molecule has 1 aliphatic rings. The highest BCUT2D eigenvalue weighted by atomic mass is 32.2. The van der Waals surface area contributed by atoms with E-state index in [9.17, 15) is 14.7 Å². The topological polar surface area (TPSA) is 97.1 Å². The van der Waals surface area contributed by atoms with Crippen LogP contribution in [0.5, 0.6) is 0 Å². The van der Waals surface area contributed by atoms with Crippen LogP contribution in [0.15, 0.2) is 11.5 Å². The molecule has 0 atom stereocenters. The Kier molecular flexibility index (Phi) is 4.87. The van der Waals surface area contributed by atoms with Gasteiger partial charge in [0.15, 0.2) is 5.16 Å². The molecule has 2 N–H and O–H groups in total. The van der Waals surface area contributed by atoms with Gasteiger partial charge in [-0.25, -0.2) is 0 Å². The highest BCUT2D eigenvalue weighted by Gasteiger charge is 2.44. The highest BCUT2D eigenvalue weighted by Crippen LogP contribution is 2.40. The lowest BCUT2D eigenvalue weighted by Gasteiger charge is -2.37. The predicted octanol–water partition coefficient (Wildman–Crippen LogP) is 1.32. The van der Waals surface area contributed by atoms with Crippen molar-refractivity contribution in [2.75, 3.05) is 12.3 Å². The molecule has 2 rings (SSSR count). The summed E-state index contributed by atoms with van der Waals surface area (Å²) in [6.07, 6.45) is 3.82. The third kappa shape index (κ3) is 3.55. The van der Waals surface area contributed by atoms with E-state index in [1.54, 1.807) is 6.33 Å². The molecule has 0 unspecified atom stereocenters. The molecule has 0 bridgehead atoms. The molecule has 1 saturated carbocycles. The van der Waals surface area contributed by atoms with E-state index in [1.807, 2.05) is 18.4 Å². The number of aromatic nitrogens is 3. The Bertz CT molecular complexity index is 525. The van der Waals surface area contributed by atoms with Gasteiger partial charge in [-0.1, -0.05) is 18.2 Å². The van der Waals surface area contributed by atoms with Gasteiger partial charge < -0.3 is 15.0 Å². The lowest BCUT2D eigenvalue weighted by molar-refractivity contribution is -0.154. The molecule has 1 amide bonds. The van der Waals surface area contributed by atoms with Gasteiger partial charge in [-0.15, -0.1) is 10.2 Å². The summed E-state index contributed by atoms with van der Waals surface area (Å²) in [5.74, 6) is -0.784. The van der Waals surface area contributed by atoms with Crippen molar-refractivity contribution in [3.05, 3.63) is 6.33 Å². The molecule has 1 heterocycles. The Balaban J connectivity index is 1.80. The first-order valence-electron chi connectivity index (χ1n) is 6.97. The van der Waals surface area contributed by atoms with Gasteiger partial charge >= 0.3 is 5.97 Å². The van der Waals surface area contributed by atoms with Crippen LogP contribution in [0.25, 0.3) is 0 Å². The van der Waals surface area contributed by atoms with Crippen molar-refractivity contribution in [2.24, 2.45) is 5.41 Å². The lowest BCUT2D eigenvalue weighted by atomic mass is 9.69. The number of rotatable bonds is 7. The number of thioether (sulfide) groups is 1. The number of hydrogen-bond acceptors (Lipinski definition) is 5. The molecule has 0 aromatic carbocycles. The SMILES string of the molecule is CC(C)n1cnnc1SCC(=O)NCC1(C(=O)O)CCC1. The zero-order valence-electron chi connectivity index (χ0n) is 12.2. The maximum Gasteiger partial charge on any atom is 0.311 e. The number of nitrogens with one attached hydrogen (secondary N) is 1. The van der Waals surface area contributed by atoms with Gasteiger partial charge in [0.25, 0.3) is 0 Å². The molecule has 8 heteroatoms. The van der Waals surface area contributed by atoms with E-state index in [0.717, 1.165) is 6.42 Å². The fraction of sp³-hybridized carbons (Fsp3) is 0.692. The van der Waals surface area contributed by atoms with Crippen LogP contribution in [0.1, 0.15) is 39.2 Å². The number of aliphatic carboxylic acids is 1. The van der Waals surface area contributed by atoms with Gasteiger partial charge in [0.1, 0.15) is 6.33 Å². The number of carboxylic acid groups (broad SMARTS) is 1. The number of nitrogens with zero attached hydrogens (tertiary/aromatic N) is 3. The highest BCUT2D eigenvalue weighted by molar-refractivity contribution is 7.99. The molecule has 0 saturated heterocycles. The van der Waals surface area contributed by atoms with Crippen LogP contribution in [0.4, 0.5) is 0 Å². The number of carbonyl (C=O) groups is 2. The molecule has 1 aromatic heterocycles. The van der Waals surface area contributed by atoms with Crippen LogP contribution in [0.2, 0.25) is 0 Å². The van der Waals surface area contributed by atoms with E-state index in [0.29, 0.717) is 18.0 Å². The van der Waals surface area contributed by atoms with E-state index in [1.165, 1.54) is 11.8 Å². The van der Waals surface area contributed by atoms with Crippen molar-refractivity contribution in [3.8, 4) is 0 Å². The van der Waals surface area contributed by atoms with Crippen molar-refractivity contribution in [2.45, 2.75) is 44.3 Å². The Morgan fingerprint density at radius 2 is 2.24 bits per heavy atom. The Morgan fingerprint density at radius 1 is 1.52 bits per heavy atom. The van der Waals surface area contributed by atoms with Crippen molar-refractivity contribution in [3.63, 3.8) is 0 Å². The second kappa shape index (κ2) is 6.46. The minimum absolute atomic E-state index is 0.175. The smallest absolute Gasteiger partial charge is 0.311 e. The number of amides is 1. The van der Waals surface area contributed by atoms with Crippen molar-refractivity contribution < 1.29 is 14.7 Å². The second-order valence-corrected chi connectivity index (χ2v) is 6.56. The van der Waals surface area contributed by atoms with Crippen LogP contribution < -0.4 is 5.32 Å². The third-order valence-electron chi connectivity index (χ3n) is 3.82. The molecule has 0 aliphatic heterocycles. The molecular weight excluding hydrogens is 292 g/mol. The minimum Gasteiger partial charge on any atom is -0.481 e. The normalized spacial score (nSPS) is 16.5. The summed E-state index contributed by atoms with van der Waals surface area (Å²) in [4.78, 5) is 23.0. The van der Waals surface area contributed by atoms with Crippen LogP contribution >= 0.6 is 11.8 Å². The molecule has 21 heavy (non-hydrogen) atoms. The van der Waals surface area contributed by atoms with Gasteiger partial charge in [-0.3, -0.25) is 9.59 Å². The average Bonchev–Trinajstić information content (AvgIpc) is 2.83. The predicted molar refractivity (Wildman–Crippen MR) is 78.1 cm³/mol. The van der Waals surface area contributed by atoms with Crippen LogP contribution in [-0.4, -0.2) is 44.0 Å². The van der Waals surface area contributed by atoms with E-state index in [4.69, 9.17) is 0 Å². The Hall–Kier alpha value is -1.57. The summed E-state index contributed by atoms with van der Waals surface area (Å²) in [6, 6.07) is 0.232. The van der Waals surface area contributed by atoms with Gasteiger partial charge in [-0.2, -0.15) is 0 Å². The summed E-state index contributed by atoms with van der Waals surface area (Å²) in [5.41, 5.74) is -0.752. The van der Waals surface area contributed by atoms with Crippen LogP contribution in [0, 0.1) is 5.41 Å². The van der Waals surface area contributed by atoms with Gasteiger partial charge in [0.05, 0.1) is 11.2 Å². The Labute approximate surface area is 127 Å². The monoisotopic (exact) mass is 312 g/mol. The zero-order valence-corrected chi connectivity index (χ0v) is 13.0. The van der Waals surface area contributed by atoms with Gasteiger partial charge in [0.2, 0.25) is 5.91 Å². The average molecular weight is 312 g/mol. The van der Waals surface area contributed by atoms with Crippen LogP contribution in [0.3, 0.4) is 0 Å². The molecule has 0 spiro atoms. The largest absolute Gasteiger partial charge is 0.481 e. The maximum atomic E-state index is 11.8. The van der Waals surface area contributed by atoms with E-state index in [-0.39, 0.29) is 24.2 Å². The van der Waals surface area contributed by atoms with Crippen LogP contribution in [-0.2, 0) is 9.59 Å². The molecule has 7 nitrogen and oxygen atoms in total. The fourth-order valence-corrected chi connectivity index (χ4v) is 3.08. The Morgan fingerprint density at radius 3 is 2.76 bits per heavy atom. The first kappa shape index (κ1) is 15.8. The maximum absolute atomic E-state index is 11.8. The summed E-state index contributed by atoms with van der Waals surface area (Å²) in [7, 11) is 0. The lowest BCUT2D eigenvalue weighted by Crippen LogP contribution is -2.47. The summed E-state index contributed by atoms with van der Waals surface area (Å²) >= 11 is 1.30. The summed E-state index contributed by atoms with van der Waals surface area (Å²) in [6.45, 7) is 4.24. The van der Waals surface area contributed by atoms with Crippen molar-refractivity contribution in [1.82, 2.24) is 20.1 Å². The number of hydrogen-bond donors (Lipinski definition) is 2. The van der Waals surface area contributed by atoms with Crippen molar-refractivity contribution in [1.29, 1.82) is 0 Å². The standard InChI is InChI=1S/C13H20N4O3S/c1-9(2)17-8-15-16-12(17)21-6-10(18)14-7-13(11(19)20)4-3-5-13/h8-9H,3-7H2,1-2H3,(H,14,18)(H,19,20). The first-order valence-corrected chi connectivity index (χ1v) is 7.95. The molecule has 1 fully saturated rings. The molecule has 1 aliphatic carbocycles. The van der Waals surface area contributed by atoms with E-state index in [2.05, 4.69) is 15.5 Å². The molecule has 1 aromatic rings. The number of carbonyl (C=O) groups excluding carboxylic acids is 1. The second-order valence-electron chi connectivity index (χ2n) is 5.62. The summed E-state index contributed by atoms with van der Waals surface area (Å²) in [5, 5.41) is 20.4. The molecular formula is C13H20N4O3S. The van der Waals surface area contributed by atoms with E-state index < -0.39 is 11.4 Å². The van der Waals surface area contributed by atoms with Gasteiger partial charge in [-0.05, 0) is 26.7 Å². The first-order chi connectivity index (χ1) is 9.94. The van der Waals surface area contributed by atoms with Gasteiger partial charge in [0, 0.05) is 12.6 Å². The molecule has 0 radical (unpaired) electrons. The minimum atomic E-state index is -0.818. The zero-order chi connectivity index (χ0) is 15.5. The molecule has 116 valence electrons. The summed E-state index contributed by atoms with van der Waals surface area (Å²) < 4.78 is 1.89. The van der Waals surface area contributed by atoms with Crippen molar-refractivity contribution >= 4 is 23.6 Å². The van der Waals surface area contributed by atoms with E-state index >= 15 is 0 Å². The fourth-order valence-electron chi connectivity index (χ4n) is 2.21.